The lowest BCUT2D eigenvalue weighted by molar-refractivity contribution is 0.409. The van der Waals surface area contributed by atoms with Crippen molar-refractivity contribution < 1.29 is 4.42 Å². The third kappa shape index (κ3) is 2.62. The van der Waals surface area contributed by atoms with Gasteiger partial charge >= 0.3 is 0 Å². The molecule has 70 valence electrons. The number of rotatable bonds is 3. The second-order valence-electron chi connectivity index (χ2n) is 2.80. The first kappa shape index (κ1) is 9.85. The van der Waals surface area contributed by atoms with Gasteiger partial charge in [0.25, 0.3) is 0 Å². The minimum atomic E-state index is -0.0128. The lowest BCUT2D eigenvalue weighted by Crippen LogP contribution is -2.27. The van der Waals surface area contributed by atoms with Gasteiger partial charge < -0.3 is 4.42 Å². The Kier molecular flexibility index (Phi) is 3.56. The van der Waals surface area contributed by atoms with E-state index in [9.17, 15) is 0 Å². The summed E-state index contributed by atoms with van der Waals surface area (Å²) >= 11 is 0. The molecule has 0 amide bonds. The first-order valence-corrected chi connectivity index (χ1v) is 4.20. The molecule has 1 heterocycles. The molecule has 0 saturated heterocycles. The average Bonchev–Trinajstić information content (AvgIpc) is 2.54. The molecule has 3 nitrogen and oxygen atoms in total. The standard InChI is InChI=1S/C10H14N2O/c1-3-4-5-9(12-11)10-7-6-8(2)13-10/h6-7,9,12H,5,11H2,1-2H3. The van der Waals surface area contributed by atoms with E-state index in [1.807, 2.05) is 19.1 Å². The maximum absolute atomic E-state index is 5.42. The fourth-order valence-corrected chi connectivity index (χ4v) is 1.09. The summed E-state index contributed by atoms with van der Waals surface area (Å²) in [4.78, 5) is 0. The van der Waals surface area contributed by atoms with Gasteiger partial charge in [-0.1, -0.05) is 0 Å². The van der Waals surface area contributed by atoms with E-state index >= 15 is 0 Å². The third-order valence-corrected chi connectivity index (χ3v) is 1.79. The molecule has 0 bridgehead atoms. The van der Waals surface area contributed by atoms with E-state index in [4.69, 9.17) is 10.3 Å². The smallest absolute Gasteiger partial charge is 0.123 e. The van der Waals surface area contributed by atoms with E-state index in [1.165, 1.54) is 0 Å². The van der Waals surface area contributed by atoms with Crippen LogP contribution in [0.15, 0.2) is 16.5 Å². The fourth-order valence-electron chi connectivity index (χ4n) is 1.09. The summed E-state index contributed by atoms with van der Waals surface area (Å²) in [5.74, 6) is 12.9. The third-order valence-electron chi connectivity index (χ3n) is 1.79. The highest BCUT2D eigenvalue weighted by molar-refractivity contribution is 5.12. The summed E-state index contributed by atoms with van der Waals surface area (Å²) in [6, 6.07) is 3.82. The summed E-state index contributed by atoms with van der Waals surface area (Å²) < 4.78 is 5.42. The van der Waals surface area contributed by atoms with E-state index in [-0.39, 0.29) is 6.04 Å². The van der Waals surface area contributed by atoms with E-state index < -0.39 is 0 Å². The molecule has 0 radical (unpaired) electrons. The zero-order chi connectivity index (χ0) is 9.68. The Balaban J connectivity index is 2.70. The predicted octanol–water partition coefficient (Wildman–Crippen LogP) is 1.51. The molecular weight excluding hydrogens is 164 g/mol. The summed E-state index contributed by atoms with van der Waals surface area (Å²) in [6.45, 7) is 3.71. The average molecular weight is 178 g/mol. The van der Waals surface area contributed by atoms with Gasteiger partial charge in [-0.05, 0) is 26.0 Å². The molecule has 1 atom stereocenters. The first-order valence-electron chi connectivity index (χ1n) is 4.20. The van der Waals surface area contributed by atoms with Gasteiger partial charge in [0.05, 0.1) is 6.04 Å². The van der Waals surface area contributed by atoms with E-state index in [2.05, 4.69) is 17.3 Å². The summed E-state index contributed by atoms with van der Waals surface area (Å²) in [5.41, 5.74) is 2.67. The molecule has 0 aromatic carbocycles. The Morgan fingerprint density at radius 2 is 2.38 bits per heavy atom. The van der Waals surface area contributed by atoms with Gasteiger partial charge in [0.15, 0.2) is 0 Å². The highest BCUT2D eigenvalue weighted by Gasteiger charge is 2.11. The van der Waals surface area contributed by atoms with Crippen LogP contribution in [0.4, 0.5) is 0 Å². The quantitative estimate of drug-likeness (QED) is 0.419. The van der Waals surface area contributed by atoms with Crippen molar-refractivity contribution in [3.05, 3.63) is 23.7 Å². The van der Waals surface area contributed by atoms with Crippen molar-refractivity contribution >= 4 is 0 Å². The largest absolute Gasteiger partial charge is 0.465 e. The van der Waals surface area contributed by atoms with Gasteiger partial charge in [0.1, 0.15) is 11.5 Å². The minimum absolute atomic E-state index is 0.0128. The molecule has 0 aliphatic heterocycles. The predicted molar refractivity (Wildman–Crippen MR) is 51.6 cm³/mol. The van der Waals surface area contributed by atoms with Gasteiger partial charge in [-0.25, -0.2) is 5.43 Å². The van der Waals surface area contributed by atoms with E-state index in [0.29, 0.717) is 6.42 Å². The first-order chi connectivity index (χ1) is 6.27. The molecule has 1 unspecified atom stereocenters. The minimum Gasteiger partial charge on any atom is -0.465 e. The van der Waals surface area contributed by atoms with Gasteiger partial charge in [0.2, 0.25) is 0 Å². The van der Waals surface area contributed by atoms with Crippen molar-refractivity contribution in [2.24, 2.45) is 5.84 Å². The molecule has 1 aromatic heterocycles. The lowest BCUT2D eigenvalue weighted by Gasteiger charge is -2.08. The van der Waals surface area contributed by atoms with Crippen molar-refractivity contribution in [1.82, 2.24) is 5.43 Å². The van der Waals surface area contributed by atoms with Gasteiger partial charge in [-0.15, -0.1) is 11.8 Å². The monoisotopic (exact) mass is 178 g/mol. The van der Waals surface area contributed by atoms with Gasteiger partial charge in [0, 0.05) is 6.42 Å². The summed E-state index contributed by atoms with van der Waals surface area (Å²) in [5, 5.41) is 0. The number of hydrogen-bond donors (Lipinski definition) is 2. The Hall–Kier alpha value is -1.24. The fraction of sp³-hybridized carbons (Fsp3) is 0.400. The van der Waals surface area contributed by atoms with Crippen LogP contribution in [-0.4, -0.2) is 0 Å². The lowest BCUT2D eigenvalue weighted by atomic mass is 10.2. The van der Waals surface area contributed by atoms with Crippen LogP contribution in [0, 0.1) is 18.8 Å². The molecule has 1 aromatic rings. The molecule has 0 spiro atoms. The zero-order valence-electron chi connectivity index (χ0n) is 7.92. The van der Waals surface area contributed by atoms with Crippen LogP contribution in [-0.2, 0) is 0 Å². The van der Waals surface area contributed by atoms with Crippen LogP contribution in [0.2, 0.25) is 0 Å². The molecule has 0 aliphatic rings. The van der Waals surface area contributed by atoms with Crippen LogP contribution in [0.1, 0.15) is 30.9 Å². The number of aryl methyl sites for hydroxylation is 1. The van der Waals surface area contributed by atoms with Crippen LogP contribution >= 0.6 is 0 Å². The molecule has 1 rings (SSSR count). The van der Waals surface area contributed by atoms with Crippen LogP contribution in [0.3, 0.4) is 0 Å². The van der Waals surface area contributed by atoms with E-state index in [1.54, 1.807) is 6.92 Å². The van der Waals surface area contributed by atoms with Crippen LogP contribution in [0.25, 0.3) is 0 Å². The Bertz CT molecular complexity index is 319. The molecule has 3 N–H and O–H groups in total. The number of nitrogens with two attached hydrogens (primary N) is 1. The summed E-state index contributed by atoms with van der Waals surface area (Å²) in [7, 11) is 0. The Morgan fingerprint density at radius 1 is 1.62 bits per heavy atom. The molecule has 3 heteroatoms. The molecular formula is C10H14N2O. The second kappa shape index (κ2) is 4.70. The maximum atomic E-state index is 5.42. The molecule has 0 saturated carbocycles. The van der Waals surface area contributed by atoms with Crippen molar-refractivity contribution in [2.75, 3.05) is 0 Å². The normalized spacial score (nSPS) is 11.9. The highest BCUT2D eigenvalue weighted by atomic mass is 16.3. The SMILES string of the molecule is CC#CCC(NN)c1ccc(C)o1. The van der Waals surface area contributed by atoms with Crippen molar-refractivity contribution in [3.63, 3.8) is 0 Å². The molecule has 0 aliphatic carbocycles. The molecule has 13 heavy (non-hydrogen) atoms. The van der Waals surface area contributed by atoms with Crippen LogP contribution in [0.5, 0.6) is 0 Å². The molecule has 0 fully saturated rings. The number of nitrogens with one attached hydrogen (secondary N) is 1. The summed E-state index contributed by atoms with van der Waals surface area (Å²) in [6.07, 6.45) is 0.667. The topological polar surface area (TPSA) is 51.2 Å². The van der Waals surface area contributed by atoms with Crippen molar-refractivity contribution in [1.29, 1.82) is 0 Å². The Morgan fingerprint density at radius 3 is 2.85 bits per heavy atom. The van der Waals surface area contributed by atoms with Crippen LogP contribution < -0.4 is 11.3 Å². The zero-order valence-corrected chi connectivity index (χ0v) is 7.92. The van der Waals surface area contributed by atoms with Crippen molar-refractivity contribution in [3.8, 4) is 11.8 Å². The maximum Gasteiger partial charge on any atom is 0.123 e. The van der Waals surface area contributed by atoms with Gasteiger partial charge in [-0.3, -0.25) is 5.84 Å². The van der Waals surface area contributed by atoms with Crippen molar-refractivity contribution in [2.45, 2.75) is 26.3 Å². The van der Waals surface area contributed by atoms with Gasteiger partial charge in [-0.2, -0.15) is 0 Å². The van der Waals surface area contributed by atoms with E-state index in [0.717, 1.165) is 11.5 Å². The Labute approximate surface area is 78.3 Å². The second-order valence-corrected chi connectivity index (χ2v) is 2.80. The number of furan rings is 1. The number of hydrazine groups is 1. The highest BCUT2D eigenvalue weighted by Crippen LogP contribution is 2.17. The number of hydrogen-bond acceptors (Lipinski definition) is 3.